The maximum Gasteiger partial charge on any atom is 0.430 e. The summed E-state index contributed by atoms with van der Waals surface area (Å²) >= 11 is 6.27. The third-order valence-corrected chi connectivity index (χ3v) is 8.51. The van der Waals surface area contributed by atoms with E-state index in [1.165, 1.54) is 31.2 Å². The molecule has 1 unspecified atom stereocenters. The number of hydrogen-bond donors (Lipinski definition) is 1. The first-order valence-electron chi connectivity index (χ1n) is 13.1. The number of methoxy groups -OCH3 is 1. The van der Waals surface area contributed by atoms with Crippen molar-refractivity contribution in [1.29, 1.82) is 0 Å². The summed E-state index contributed by atoms with van der Waals surface area (Å²) in [5.41, 5.74) is -3.91. The van der Waals surface area contributed by atoms with Gasteiger partial charge in [0.05, 0.1) is 12.7 Å². The quantitative estimate of drug-likeness (QED) is 0.489. The van der Waals surface area contributed by atoms with Crippen molar-refractivity contribution in [2.45, 2.75) is 43.5 Å². The van der Waals surface area contributed by atoms with Crippen LogP contribution in [0.5, 0.6) is 5.75 Å². The third-order valence-electron chi connectivity index (χ3n) is 8.23. The minimum atomic E-state index is -5.21. The first-order valence-corrected chi connectivity index (χ1v) is 13.5. The zero-order chi connectivity index (χ0) is 29.4. The van der Waals surface area contributed by atoms with Crippen LogP contribution in [0.4, 0.5) is 19.0 Å². The first-order chi connectivity index (χ1) is 18.8. The van der Waals surface area contributed by atoms with Gasteiger partial charge in [-0.25, -0.2) is 4.98 Å². The molecule has 1 aromatic carbocycles. The molecule has 0 radical (unpaired) electrons. The molecule has 40 heavy (non-hydrogen) atoms. The van der Waals surface area contributed by atoms with E-state index >= 15 is 0 Å². The van der Waals surface area contributed by atoms with E-state index in [2.05, 4.69) is 9.88 Å². The number of benzene rings is 1. The molecule has 1 N–H and O–H groups in total. The number of anilines is 1. The average Bonchev–Trinajstić information content (AvgIpc) is 2.90. The highest BCUT2D eigenvalue weighted by Gasteiger charge is 2.62. The second kappa shape index (κ2) is 11.4. The van der Waals surface area contributed by atoms with Crippen molar-refractivity contribution in [3.63, 3.8) is 0 Å². The summed E-state index contributed by atoms with van der Waals surface area (Å²) in [6.07, 6.45) is -2.34. The highest BCUT2D eigenvalue weighted by Crippen LogP contribution is 2.45. The van der Waals surface area contributed by atoms with Gasteiger partial charge in [-0.3, -0.25) is 9.59 Å². The number of aliphatic hydroxyl groups is 1. The fourth-order valence-electron chi connectivity index (χ4n) is 5.61. The summed E-state index contributed by atoms with van der Waals surface area (Å²) in [6.45, 7) is 1.46. The second-order valence-corrected chi connectivity index (χ2v) is 11.1. The molecule has 1 aliphatic heterocycles. The van der Waals surface area contributed by atoms with Gasteiger partial charge in [0.15, 0.2) is 0 Å². The number of alkyl halides is 3. The van der Waals surface area contributed by atoms with Crippen molar-refractivity contribution in [3.8, 4) is 5.75 Å². The molecule has 1 atom stereocenters. The van der Waals surface area contributed by atoms with E-state index < -0.39 is 29.3 Å². The monoisotopic (exact) mass is 582 g/mol. The molecular formula is C28H34ClF3N4O4. The molecule has 1 aromatic heterocycles. The van der Waals surface area contributed by atoms with E-state index in [0.717, 1.165) is 43.0 Å². The average molecular weight is 583 g/mol. The van der Waals surface area contributed by atoms with Crippen molar-refractivity contribution in [2.75, 3.05) is 46.2 Å². The number of rotatable bonds is 7. The van der Waals surface area contributed by atoms with E-state index in [-0.39, 0.29) is 22.7 Å². The lowest BCUT2D eigenvalue weighted by Crippen LogP contribution is -2.59. The zero-order valence-electron chi connectivity index (χ0n) is 22.9. The Bertz CT molecular complexity index is 1250. The van der Waals surface area contributed by atoms with Crippen LogP contribution >= 0.6 is 11.6 Å². The third kappa shape index (κ3) is 5.58. The Morgan fingerprint density at radius 2 is 1.73 bits per heavy atom. The molecule has 2 amide bonds. The van der Waals surface area contributed by atoms with Gasteiger partial charge in [-0.05, 0) is 61.8 Å². The van der Waals surface area contributed by atoms with Crippen molar-refractivity contribution in [3.05, 3.63) is 52.7 Å². The molecule has 2 fully saturated rings. The molecule has 1 saturated heterocycles. The number of aromatic nitrogens is 1. The summed E-state index contributed by atoms with van der Waals surface area (Å²) in [4.78, 5) is 34.3. The van der Waals surface area contributed by atoms with Crippen LogP contribution < -0.4 is 9.64 Å². The van der Waals surface area contributed by atoms with E-state index in [1.54, 1.807) is 26.2 Å². The summed E-state index contributed by atoms with van der Waals surface area (Å²) in [7, 11) is 5.91. The summed E-state index contributed by atoms with van der Waals surface area (Å²) in [6, 6.07) is 7.94. The van der Waals surface area contributed by atoms with Gasteiger partial charge in [0, 0.05) is 45.8 Å². The number of pyridine rings is 1. The fraction of sp³-hybridized carbons (Fsp3) is 0.536. The number of carbonyl (C=O) groups excluding carboxylic acids is 2. The van der Waals surface area contributed by atoms with Crippen LogP contribution in [0, 0.1) is 11.8 Å². The van der Waals surface area contributed by atoms with Gasteiger partial charge in [-0.15, -0.1) is 0 Å². The molecule has 218 valence electrons. The van der Waals surface area contributed by atoms with Crippen LogP contribution in [0.2, 0.25) is 5.15 Å². The van der Waals surface area contributed by atoms with Crippen molar-refractivity contribution >= 4 is 29.2 Å². The molecule has 2 aromatic rings. The predicted molar refractivity (Wildman–Crippen MR) is 144 cm³/mol. The van der Waals surface area contributed by atoms with E-state index in [4.69, 9.17) is 16.3 Å². The molecule has 0 spiro atoms. The van der Waals surface area contributed by atoms with E-state index in [1.807, 2.05) is 0 Å². The van der Waals surface area contributed by atoms with Gasteiger partial charge < -0.3 is 24.5 Å². The Kier molecular flexibility index (Phi) is 8.56. The minimum absolute atomic E-state index is 0.112. The van der Waals surface area contributed by atoms with Crippen LogP contribution in [-0.4, -0.2) is 85.3 Å². The SMILES string of the molecule is COc1cccc(C(O)(C(=O)N(C)[C@H]2C[C@@H](C3CCN(c4ccc(C(=O)N(C)C)c(Cl)n4)CC3)C2)C(F)(F)F)c1. The zero-order valence-corrected chi connectivity index (χ0v) is 23.7. The Morgan fingerprint density at radius 1 is 1.07 bits per heavy atom. The molecule has 8 nitrogen and oxygen atoms in total. The van der Waals surface area contributed by atoms with Gasteiger partial charge in [-0.1, -0.05) is 23.7 Å². The molecule has 1 saturated carbocycles. The largest absolute Gasteiger partial charge is 0.497 e. The Hall–Kier alpha value is -3.05. The van der Waals surface area contributed by atoms with Crippen molar-refractivity contribution in [1.82, 2.24) is 14.8 Å². The van der Waals surface area contributed by atoms with Gasteiger partial charge in [-0.2, -0.15) is 13.2 Å². The molecule has 0 bridgehead atoms. The predicted octanol–water partition coefficient (Wildman–Crippen LogP) is 4.35. The second-order valence-electron chi connectivity index (χ2n) is 10.8. The van der Waals surface area contributed by atoms with Crippen LogP contribution in [-0.2, 0) is 10.4 Å². The lowest BCUT2D eigenvalue weighted by Gasteiger charge is -2.48. The van der Waals surface area contributed by atoms with Crippen molar-refractivity contribution in [2.24, 2.45) is 11.8 Å². The van der Waals surface area contributed by atoms with Crippen molar-refractivity contribution < 1.29 is 32.6 Å². The Labute approximate surface area is 236 Å². The first kappa shape index (κ1) is 29.9. The minimum Gasteiger partial charge on any atom is -0.497 e. The van der Waals surface area contributed by atoms with E-state index in [0.29, 0.717) is 30.1 Å². The summed E-state index contributed by atoms with van der Waals surface area (Å²) in [5, 5.41) is 10.9. The number of amides is 2. The molecule has 1 aliphatic carbocycles. The van der Waals surface area contributed by atoms with Crippen LogP contribution in [0.25, 0.3) is 0 Å². The van der Waals surface area contributed by atoms with E-state index in [9.17, 15) is 27.9 Å². The molecule has 4 rings (SSSR count). The standard InChI is InChI=1S/C28H34ClF3N4O4/c1-34(2)25(37)22-8-9-23(33-24(22)29)36-12-10-17(11-13-36)18-14-20(15-18)35(3)26(38)27(39,28(30,31)32)19-6-5-7-21(16-19)40-4/h5-9,16-18,20,39H,10-15H2,1-4H3/t18-,20+,27?. The Balaban J connectivity index is 1.35. The van der Waals surface area contributed by atoms with Gasteiger partial charge >= 0.3 is 6.18 Å². The molecule has 2 aliphatic rings. The Morgan fingerprint density at radius 3 is 2.27 bits per heavy atom. The molecule has 2 heterocycles. The number of halogens is 4. The lowest BCUT2D eigenvalue weighted by atomic mass is 9.68. The maximum absolute atomic E-state index is 14.1. The van der Waals surface area contributed by atoms with Crippen LogP contribution in [0.3, 0.4) is 0 Å². The topological polar surface area (TPSA) is 86.2 Å². The van der Waals surface area contributed by atoms with Gasteiger partial charge in [0.2, 0.25) is 0 Å². The van der Waals surface area contributed by atoms with Gasteiger partial charge in [0.25, 0.3) is 17.4 Å². The number of ether oxygens (including phenoxy) is 1. The summed E-state index contributed by atoms with van der Waals surface area (Å²) < 4.78 is 47.3. The highest BCUT2D eigenvalue weighted by atomic mass is 35.5. The number of piperidine rings is 1. The summed E-state index contributed by atoms with van der Waals surface area (Å²) in [5.74, 6) is -0.176. The lowest BCUT2D eigenvalue weighted by molar-refractivity contribution is -0.263. The number of carbonyl (C=O) groups is 2. The number of hydrogen-bond acceptors (Lipinski definition) is 6. The highest BCUT2D eigenvalue weighted by molar-refractivity contribution is 6.32. The fourth-order valence-corrected chi connectivity index (χ4v) is 5.84. The molecular weight excluding hydrogens is 549 g/mol. The number of likely N-dealkylation sites (N-methyl/N-ethyl adjacent to an activating group) is 1. The van der Waals surface area contributed by atoms with Crippen LogP contribution in [0.15, 0.2) is 36.4 Å². The van der Waals surface area contributed by atoms with Crippen LogP contribution in [0.1, 0.15) is 41.6 Å². The maximum atomic E-state index is 14.1. The number of nitrogens with zero attached hydrogens (tertiary/aromatic N) is 4. The van der Waals surface area contributed by atoms with Gasteiger partial charge in [0.1, 0.15) is 16.7 Å². The normalized spacial score (nSPS) is 21.3. The molecule has 12 heteroatoms. The smallest absolute Gasteiger partial charge is 0.430 e.